The highest BCUT2D eigenvalue weighted by molar-refractivity contribution is 5.82. The molecule has 0 bridgehead atoms. The first-order chi connectivity index (χ1) is 11.3. The number of carbonyl (C=O) groups is 1. The maximum Gasteiger partial charge on any atom is 0.435 e. The van der Waals surface area contributed by atoms with Crippen LogP contribution in [0.3, 0.4) is 0 Å². The number of carbonyl (C=O) groups excluding carboxylic acids is 1. The summed E-state index contributed by atoms with van der Waals surface area (Å²) < 4.78 is 37.9. The molecule has 0 aliphatic heterocycles. The molecule has 1 amide bonds. The largest absolute Gasteiger partial charge is 0.435 e. The number of aromatic nitrogens is 2. The van der Waals surface area contributed by atoms with Gasteiger partial charge in [-0.1, -0.05) is 0 Å². The van der Waals surface area contributed by atoms with E-state index in [-0.39, 0.29) is 5.69 Å². The minimum absolute atomic E-state index is 0.0877. The second-order valence-corrected chi connectivity index (χ2v) is 4.54. The third kappa shape index (κ3) is 4.63. The van der Waals surface area contributed by atoms with Crippen molar-refractivity contribution < 1.29 is 22.9 Å². The third-order valence-electron chi connectivity index (χ3n) is 2.74. The molecule has 1 N–H and O–H groups in total. The molecule has 2 aromatic rings. The van der Waals surface area contributed by atoms with Gasteiger partial charge in [0, 0.05) is 18.3 Å². The molecule has 0 aliphatic carbocycles. The Kier molecular flexibility index (Phi) is 4.92. The zero-order valence-electron chi connectivity index (χ0n) is 11.9. The standard InChI is InChI=1S/C13H10F3N5O3/c14-13(15,16)11-5-6-20(19-11)8-12(22)18-17-7-9-1-3-10(4-2-9)21(23)24/h1-7H,8H2,(H,18,22)/b17-7-. The monoisotopic (exact) mass is 341 g/mol. The fraction of sp³-hybridized carbons (Fsp3) is 0.154. The van der Waals surface area contributed by atoms with Crippen molar-refractivity contribution >= 4 is 17.8 Å². The van der Waals surface area contributed by atoms with Crippen LogP contribution in [0.1, 0.15) is 11.3 Å². The number of alkyl halides is 3. The van der Waals surface area contributed by atoms with Gasteiger partial charge < -0.3 is 0 Å². The lowest BCUT2D eigenvalue weighted by Crippen LogP contribution is -2.23. The molecule has 126 valence electrons. The Balaban J connectivity index is 1.88. The molecule has 0 saturated carbocycles. The number of nitrogens with one attached hydrogen (secondary N) is 1. The van der Waals surface area contributed by atoms with Crippen molar-refractivity contribution in [3.05, 3.63) is 57.9 Å². The summed E-state index contributed by atoms with van der Waals surface area (Å²) in [6.07, 6.45) is -2.30. The van der Waals surface area contributed by atoms with Crippen LogP contribution in [0.2, 0.25) is 0 Å². The number of halogens is 3. The molecule has 11 heteroatoms. The first-order valence-electron chi connectivity index (χ1n) is 6.43. The molecular formula is C13H10F3N5O3. The predicted octanol–water partition coefficient (Wildman–Crippen LogP) is 1.96. The molecule has 0 atom stereocenters. The Labute approximate surface area is 132 Å². The van der Waals surface area contributed by atoms with Crippen molar-refractivity contribution in [1.82, 2.24) is 15.2 Å². The van der Waals surface area contributed by atoms with Crippen molar-refractivity contribution in [2.24, 2.45) is 5.10 Å². The van der Waals surface area contributed by atoms with E-state index in [0.717, 1.165) is 16.9 Å². The van der Waals surface area contributed by atoms with Gasteiger partial charge in [0.05, 0.1) is 11.1 Å². The lowest BCUT2D eigenvalue weighted by atomic mass is 10.2. The lowest BCUT2D eigenvalue weighted by Gasteiger charge is -2.02. The molecule has 8 nitrogen and oxygen atoms in total. The van der Waals surface area contributed by atoms with Crippen molar-refractivity contribution in [2.45, 2.75) is 12.7 Å². The number of hydrogen-bond donors (Lipinski definition) is 1. The smallest absolute Gasteiger partial charge is 0.271 e. The average Bonchev–Trinajstić information content (AvgIpc) is 2.96. The van der Waals surface area contributed by atoms with Gasteiger partial charge in [0.15, 0.2) is 5.69 Å². The highest BCUT2D eigenvalue weighted by Crippen LogP contribution is 2.27. The van der Waals surface area contributed by atoms with E-state index in [2.05, 4.69) is 15.6 Å². The molecule has 0 saturated heterocycles. The van der Waals surface area contributed by atoms with Gasteiger partial charge in [-0.2, -0.15) is 23.4 Å². The van der Waals surface area contributed by atoms with Crippen LogP contribution in [-0.4, -0.2) is 26.8 Å². The van der Waals surface area contributed by atoms with Crippen LogP contribution in [0.5, 0.6) is 0 Å². The molecule has 0 aliphatic rings. The maximum absolute atomic E-state index is 12.4. The van der Waals surface area contributed by atoms with Crippen LogP contribution >= 0.6 is 0 Å². The number of rotatable bonds is 5. The quantitative estimate of drug-likeness (QED) is 0.510. The number of benzene rings is 1. The van der Waals surface area contributed by atoms with Crippen LogP contribution in [0, 0.1) is 10.1 Å². The number of nitro groups is 1. The summed E-state index contributed by atoms with van der Waals surface area (Å²) in [6.45, 7) is -0.437. The Bertz CT molecular complexity index is 768. The summed E-state index contributed by atoms with van der Waals surface area (Å²) in [6, 6.07) is 6.15. The number of hydrogen-bond acceptors (Lipinski definition) is 5. The first-order valence-corrected chi connectivity index (χ1v) is 6.43. The van der Waals surface area contributed by atoms with Crippen LogP contribution in [0.25, 0.3) is 0 Å². The molecule has 24 heavy (non-hydrogen) atoms. The molecule has 0 radical (unpaired) electrons. The van der Waals surface area contributed by atoms with Gasteiger partial charge in [-0.3, -0.25) is 19.6 Å². The van der Waals surface area contributed by atoms with E-state index in [1.165, 1.54) is 30.5 Å². The number of nitro benzene ring substituents is 1. The van der Waals surface area contributed by atoms with Crippen molar-refractivity contribution in [3.63, 3.8) is 0 Å². The summed E-state index contributed by atoms with van der Waals surface area (Å²) in [5.74, 6) is -0.676. The lowest BCUT2D eigenvalue weighted by molar-refractivity contribution is -0.384. The third-order valence-corrected chi connectivity index (χ3v) is 2.74. The van der Waals surface area contributed by atoms with Crippen LogP contribution in [0.15, 0.2) is 41.6 Å². The molecule has 1 aromatic heterocycles. The van der Waals surface area contributed by atoms with E-state index in [0.29, 0.717) is 5.56 Å². The molecule has 1 aromatic carbocycles. The minimum Gasteiger partial charge on any atom is -0.271 e. The van der Waals surface area contributed by atoms with Gasteiger partial charge in [0.2, 0.25) is 0 Å². The van der Waals surface area contributed by atoms with Crippen LogP contribution in [-0.2, 0) is 17.5 Å². The summed E-state index contributed by atoms with van der Waals surface area (Å²) in [7, 11) is 0. The highest BCUT2D eigenvalue weighted by atomic mass is 19.4. The zero-order chi connectivity index (χ0) is 17.7. The van der Waals surface area contributed by atoms with Crippen molar-refractivity contribution in [2.75, 3.05) is 0 Å². The summed E-state index contributed by atoms with van der Waals surface area (Å²) in [5.41, 5.74) is 1.44. The molecule has 0 spiro atoms. The minimum atomic E-state index is -4.57. The first kappa shape index (κ1) is 17.1. The fourth-order valence-corrected chi connectivity index (χ4v) is 1.64. The molecule has 0 fully saturated rings. The van der Waals surface area contributed by atoms with Gasteiger partial charge in [0.1, 0.15) is 6.54 Å². The summed E-state index contributed by atoms with van der Waals surface area (Å²) in [5, 5.41) is 17.3. The second kappa shape index (κ2) is 6.89. The number of hydrazone groups is 1. The fourth-order valence-electron chi connectivity index (χ4n) is 1.64. The predicted molar refractivity (Wildman–Crippen MR) is 76.1 cm³/mol. The van der Waals surface area contributed by atoms with Gasteiger partial charge in [-0.05, 0) is 23.8 Å². The van der Waals surface area contributed by atoms with Gasteiger partial charge in [-0.25, -0.2) is 5.43 Å². The average molecular weight is 341 g/mol. The second-order valence-electron chi connectivity index (χ2n) is 4.54. The topological polar surface area (TPSA) is 102 Å². The van der Waals surface area contributed by atoms with Gasteiger partial charge >= 0.3 is 6.18 Å². The highest BCUT2D eigenvalue weighted by Gasteiger charge is 2.33. The molecule has 0 unspecified atom stereocenters. The van der Waals surface area contributed by atoms with E-state index < -0.39 is 29.2 Å². The van der Waals surface area contributed by atoms with Gasteiger partial charge in [0.25, 0.3) is 11.6 Å². The Hall–Kier alpha value is -3.24. The van der Waals surface area contributed by atoms with E-state index in [4.69, 9.17) is 0 Å². The van der Waals surface area contributed by atoms with Crippen LogP contribution < -0.4 is 5.43 Å². The number of non-ortho nitro benzene ring substituents is 1. The SMILES string of the molecule is O=C(Cn1ccc(C(F)(F)F)n1)N/N=C\c1ccc([N+](=O)[O-])cc1. The summed E-state index contributed by atoms with van der Waals surface area (Å²) in [4.78, 5) is 21.5. The molecule has 2 rings (SSSR count). The Morgan fingerprint density at radius 1 is 1.33 bits per heavy atom. The normalized spacial score (nSPS) is 11.6. The van der Waals surface area contributed by atoms with Gasteiger partial charge in [-0.15, -0.1) is 0 Å². The molecular weight excluding hydrogens is 331 g/mol. The Morgan fingerprint density at radius 2 is 2.00 bits per heavy atom. The number of nitrogens with zero attached hydrogens (tertiary/aromatic N) is 4. The van der Waals surface area contributed by atoms with Crippen molar-refractivity contribution in [3.8, 4) is 0 Å². The van der Waals surface area contributed by atoms with E-state index in [1.807, 2.05) is 0 Å². The Morgan fingerprint density at radius 3 is 2.54 bits per heavy atom. The van der Waals surface area contributed by atoms with E-state index >= 15 is 0 Å². The van der Waals surface area contributed by atoms with Crippen molar-refractivity contribution in [1.29, 1.82) is 0 Å². The van der Waals surface area contributed by atoms with E-state index in [1.54, 1.807) is 0 Å². The summed E-state index contributed by atoms with van der Waals surface area (Å²) >= 11 is 0. The molecule has 1 heterocycles. The number of amides is 1. The maximum atomic E-state index is 12.4. The van der Waals surface area contributed by atoms with E-state index in [9.17, 15) is 28.1 Å². The van der Waals surface area contributed by atoms with Crippen LogP contribution in [0.4, 0.5) is 18.9 Å². The zero-order valence-corrected chi connectivity index (χ0v) is 11.9.